The number of aliphatic hydroxyl groups is 1. The summed E-state index contributed by atoms with van der Waals surface area (Å²) in [4.78, 5) is 3.89. The van der Waals surface area contributed by atoms with Crippen LogP contribution in [0.15, 0.2) is 30.7 Å². The number of nitrogens with zero attached hydrogens (tertiary/aromatic N) is 2. The van der Waals surface area contributed by atoms with Crippen LogP contribution in [-0.2, 0) is 7.05 Å². The Bertz CT molecular complexity index is 510. The molecule has 0 saturated heterocycles. The summed E-state index contributed by atoms with van der Waals surface area (Å²) in [6.45, 7) is 0. The van der Waals surface area contributed by atoms with Gasteiger partial charge in [0.15, 0.2) is 0 Å². The Balaban J connectivity index is 2.40. The van der Waals surface area contributed by atoms with Crippen LogP contribution in [0.2, 0.25) is 0 Å². The van der Waals surface area contributed by atoms with Crippen LogP contribution >= 0.6 is 0 Å². The Kier molecular flexibility index (Phi) is 2.70. The maximum absolute atomic E-state index is 13.4. The van der Waals surface area contributed by atoms with Gasteiger partial charge in [0.2, 0.25) is 0 Å². The molecule has 1 aromatic carbocycles. The quantitative estimate of drug-likeness (QED) is 0.844. The fraction of sp³-hybridized carbons (Fsp3) is 0.182. The van der Waals surface area contributed by atoms with Crippen molar-refractivity contribution in [1.29, 1.82) is 0 Å². The minimum absolute atomic E-state index is 0.112. The first-order chi connectivity index (χ1) is 7.58. The fourth-order valence-corrected chi connectivity index (χ4v) is 1.46. The Morgan fingerprint density at radius 1 is 1.38 bits per heavy atom. The molecule has 5 heteroatoms. The lowest BCUT2D eigenvalue weighted by Crippen LogP contribution is -2.03. The van der Waals surface area contributed by atoms with E-state index in [0.717, 1.165) is 18.2 Å². The van der Waals surface area contributed by atoms with Crippen LogP contribution in [-0.4, -0.2) is 14.7 Å². The van der Waals surface area contributed by atoms with Crippen molar-refractivity contribution < 1.29 is 13.9 Å². The summed E-state index contributed by atoms with van der Waals surface area (Å²) in [5.41, 5.74) is 0.172. The van der Waals surface area contributed by atoms with Crippen LogP contribution in [0.1, 0.15) is 17.4 Å². The third-order valence-corrected chi connectivity index (χ3v) is 2.26. The van der Waals surface area contributed by atoms with Gasteiger partial charge in [-0.3, -0.25) is 0 Å². The summed E-state index contributed by atoms with van der Waals surface area (Å²) in [6.07, 6.45) is 1.78. The van der Waals surface area contributed by atoms with E-state index in [1.165, 1.54) is 6.33 Å². The molecule has 0 aliphatic heterocycles. The monoisotopic (exact) mass is 224 g/mol. The number of imidazole rings is 1. The van der Waals surface area contributed by atoms with Gasteiger partial charge < -0.3 is 9.67 Å². The average molecular weight is 224 g/mol. The zero-order valence-electron chi connectivity index (χ0n) is 8.56. The molecule has 1 atom stereocenters. The number of hydrogen-bond acceptors (Lipinski definition) is 2. The van der Waals surface area contributed by atoms with Gasteiger partial charge in [-0.05, 0) is 18.2 Å². The maximum Gasteiger partial charge on any atom is 0.129 e. The largest absolute Gasteiger partial charge is 0.382 e. The first-order valence-electron chi connectivity index (χ1n) is 4.69. The first kappa shape index (κ1) is 10.8. The molecule has 1 heterocycles. The number of benzene rings is 1. The van der Waals surface area contributed by atoms with Crippen molar-refractivity contribution >= 4 is 0 Å². The molecule has 0 spiro atoms. The van der Waals surface area contributed by atoms with Crippen LogP contribution in [0.25, 0.3) is 0 Å². The molecule has 3 nitrogen and oxygen atoms in total. The van der Waals surface area contributed by atoms with Crippen molar-refractivity contribution in [2.45, 2.75) is 6.10 Å². The van der Waals surface area contributed by atoms with E-state index >= 15 is 0 Å². The molecule has 0 amide bonds. The summed E-state index contributed by atoms with van der Waals surface area (Å²) in [5.74, 6) is -1.24. The highest BCUT2D eigenvalue weighted by Crippen LogP contribution is 2.23. The second-order valence-corrected chi connectivity index (χ2v) is 3.53. The molecule has 0 bridgehead atoms. The van der Waals surface area contributed by atoms with Gasteiger partial charge in [0, 0.05) is 18.8 Å². The standard InChI is InChI=1S/C11H10F2N2O/c1-15-5-10(14-6-15)11(16)8-4-7(12)2-3-9(8)13/h2-6,11,16H,1H3. The van der Waals surface area contributed by atoms with Crippen molar-refractivity contribution in [2.75, 3.05) is 0 Å². The van der Waals surface area contributed by atoms with Crippen LogP contribution in [0.3, 0.4) is 0 Å². The zero-order valence-corrected chi connectivity index (χ0v) is 8.56. The van der Waals surface area contributed by atoms with Gasteiger partial charge in [-0.15, -0.1) is 0 Å². The average Bonchev–Trinajstić information content (AvgIpc) is 2.67. The van der Waals surface area contributed by atoms with E-state index in [1.807, 2.05) is 0 Å². The highest BCUT2D eigenvalue weighted by molar-refractivity contribution is 5.26. The molecule has 1 aromatic heterocycles. The van der Waals surface area contributed by atoms with Crippen molar-refractivity contribution in [3.05, 3.63) is 53.6 Å². The van der Waals surface area contributed by atoms with E-state index in [2.05, 4.69) is 4.98 Å². The van der Waals surface area contributed by atoms with Gasteiger partial charge in [-0.25, -0.2) is 13.8 Å². The fourth-order valence-electron chi connectivity index (χ4n) is 1.46. The van der Waals surface area contributed by atoms with Crippen molar-refractivity contribution in [3.8, 4) is 0 Å². The molecule has 0 radical (unpaired) electrons. The zero-order chi connectivity index (χ0) is 11.7. The lowest BCUT2D eigenvalue weighted by atomic mass is 10.1. The van der Waals surface area contributed by atoms with Crippen LogP contribution in [0.4, 0.5) is 8.78 Å². The molecule has 0 saturated carbocycles. The van der Waals surface area contributed by atoms with Crippen molar-refractivity contribution in [2.24, 2.45) is 7.05 Å². The number of rotatable bonds is 2. The van der Waals surface area contributed by atoms with Crippen molar-refractivity contribution in [1.82, 2.24) is 9.55 Å². The second kappa shape index (κ2) is 4.02. The molecular weight excluding hydrogens is 214 g/mol. The lowest BCUT2D eigenvalue weighted by Gasteiger charge is -2.09. The van der Waals surface area contributed by atoms with E-state index in [-0.39, 0.29) is 11.3 Å². The maximum atomic E-state index is 13.4. The van der Waals surface area contributed by atoms with E-state index in [0.29, 0.717) is 0 Å². The van der Waals surface area contributed by atoms with Gasteiger partial charge in [-0.1, -0.05) is 0 Å². The summed E-state index contributed by atoms with van der Waals surface area (Å²) >= 11 is 0. The second-order valence-electron chi connectivity index (χ2n) is 3.53. The Morgan fingerprint density at radius 3 is 2.75 bits per heavy atom. The number of halogens is 2. The SMILES string of the molecule is Cn1cnc(C(O)c2cc(F)ccc2F)c1. The van der Waals surface area contributed by atoms with Crippen LogP contribution in [0.5, 0.6) is 0 Å². The molecule has 2 rings (SSSR count). The minimum Gasteiger partial charge on any atom is -0.382 e. The first-order valence-corrected chi connectivity index (χ1v) is 4.69. The Labute approximate surface area is 91.0 Å². The molecule has 1 N–H and O–H groups in total. The number of aryl methyl sites for hydroxylation is 1. The Hall–Kier alpha value is -1.75. The smallest absolute Gasteiger partial charge is 0.129 e. The highest BCUT2D eigenvalue weighted by Gasteiger charge is 2.17. The van der Waals surface area contributed by atoms with E-state index in [4.69, 9.17) is 0 Å². The van der Waals surface area contributed by atoms with Gasteiger partial charge in [-0.2, -0.15) is 0 Å². The summed E-state index contributed by atoms with van der Waals surface area (Å²) in [5, 5.41) is 9.83. The Morgan fingerprint density at radius 2 is 2.12 bits per heavy atom. The normalized spacial score (nSPS) is 12.8. The molecule has 84 valence electrons. The van der Waals surface area contributed by atoms with Crippen molar-refractivity contribution in [3.63, 3.8) is 0 Å². The summed E-state index contributed by atoms with van der Waals surface area (Å²) < 4.78 is 27.9. The summed E-state index contributed by atoms with van der Waals surface area (Å²) in [6, 6.07) is 2.95. The molecule has 0 aliphatic carbocycles. The molecule has 0 fully saturated rings. The number of hydrogen-bond donors (Lipinski definition) is 1. The molecule has 2 aromatic rings. The number of aromatic nitrogens is 2. The van der Waals surface area contributed by atoms with Gasteiger partial charge in [0.05, 0.1) is 12.0 Å². The third kappa shape index (κ3) is 1.94. The van der Waals surface area contributed by atoms with E-state index in [9.17, 15) is 13.9 Å². The van der Waals surface area contributed by atoms with Crippen LogP contribution < -0.4 is 0 Å². The van der Waals surface area contributed by atoms with Gasteiger partial charge in [0.1, 0.15) is 17.7 Å². The molecule has 1 unspecified atom stereocenters. The molecule has 0 aliphatic rings. The van der Waals surface area contributed by atoms with Gasteiger partial charge >= 0.3 is 0 Å². The lowest BCUT2D eigenvalue weighted by molar-refractivity contribution is 0.210. The topological polar surface area (TPSA) is 38.0 Å². The predicted molar refractivity (Wildman–Crippen MR) is 53.6 cm³/mol. The number of aliphatic hydroxyl groups excluding tert-OH is 1. The van der Waals surface area contributed by atoms with Gasteiger partial charge in [0.25, 0.3) is 0 Å². The summed E-state index contributed by atoms with van der Waals surface area (Å²) in [7, 11) is 1.73. The van der Waals surface area contributed by atoms with Crippen LogP contribution in [0, 0.1) is 11.6 Å². The molecular formula is C11H10F2N2O. The highest BCUT2D eigenvalue weighted by atomic mass is 19.1. The third-order valence-electron chi connectivity index (χ3n) is 2.26. The molecule has 16 heavy (non-hydrogen) atoms. The van der Waals surface area contributed by atoms with E-state index < -0.39 is 17.7 Å². The van der Waals surface area contributed by atoms with E-state index in [1.54, 1.807) is 17.8 Å². The predicted octanol–water partition coefficient (Wildman–Crippen LogP) is 1.78. The minimum atomic E-state index is -1.25.